The molecular formula is C80H141NO8P+. The van der Waals surface area contributed by atoms with E-state index in [0.717, 1.165) is 96.3 Å². The number of carbonyl (C=O) groups excluding carboxylic acids is 2. The maximum atomic E-state index is 12.9. The first-order valence-electron chi connectivity index (χ1n) is 37.3. The Morgan fingerprint density at radius 2 is 0.600 bits per heavy atom. The highest BCUT2D eigenvalue weighted by molar-refractivity contribution is 7.47. The van der Waals surface area contributed by atoms with Crippen molar-refractivity contribution in [2.24, 2.45) is 0 Å². The van der Waals surface area contributed by atoms with Crippen LogP contribution in [0.3, 0.4) is 0 Å². The number of allylic oxidation sites excluding steroid dienone is 20. The topological polar surface area (TPSA) is 108 Å². The first kappa shape index (κ1) is 86.4. The van der Waals surface area contributed by atoms with E-state index in [2.05, 4.69) is 135 Å². The SMILES string of the molecule is CC/C=C\C/C=C\C/C=C\C/C=C\C/C=C\CCCCCCCCCCCCCCCCCCCCCC(=O)OC(COC(=O)CCCCCCCCCCCCCCCCC/C=C\C/C=C\C/C=C\C/C=C\C/C=C\CC)COP(=O)(O)OCC[N+](C)(C)C. The summed E-state index contributed by atoms with van der Waals surface area (Å²) in [6, 6.07) is 0. The lowest BCUT2D eigenvalue weighted by atomic mass is 10.0. The summed E-state index contributed by atoms with van der Waals surface area (Å²) in [6.45, 7) is 4.24. The number of phosphoric ester groups is 1. The molecule has 518 valence electrons. The van der Waals surface area contributed by atoms with E-state index < -0.39 is 26.5 Å². The third-order valence-corrected chi connectivity index (χ3v) is 17.0. The van der Waals surface area contributed by atoms with Crippen molar-refractivity contribution in [3.05, 3.63) is 122 Å². The van der Waals surface area contributed by atoms with Crippen molar-refractivity contribution in [2.45, 2.75) is 328 Å². The molecule has 0 heterocycles. The molecule has 2 unspecified atom stereocenters. The zero-order chi connectivity index (χ0) is 65.5. The summed E-state index contributed by atoms with van der Waals surface area (Å²) in [7, 11) is 1.48. The van der Waals surface area contributed by atoms with Crippen LogP contribution in [0.15, 0.2) is 122 Å². The smallest absolute Gasteiger partial charge is 0.462 e. The molecule has 0 aliphatic rings. The number of ether oxygens (including phenoxy) is 2. The Kier molecular flexibility index (Phi) is 67.0. The van der Waals surface area contributed by atoms with Crippen LogP contribution in [0.1, 0.15) is 322 Å². The van der Waals surface area contributed by atoms with Crippen LogP contribution >= 0.6 is 7.82 Å². The van der Waals surface area contributed by atoms with Crippen LogP contribution in [0.4, 0.5) is 0 Å². The lowest BCUT2D eigenvalue weighted by Crippen LogP contribution is -2.37. The molecule has 0 rings (SSSR count). The minimum absolute atomic E-state index is 0.0293. The van der Waals surface area contributed by atoms with Crippen molar-refractivity contribution >= 4 is 19.8 Å². The minimum Gasteiger partial charge on any atom is -0.462 e. The zero-order valence-electron chi connectivity index (χ0n) is 59.1. The Balaban J connectivity index is 4.00. The lowest BCUT2D eigenvalue weighted by Gasteiger charge is -2.24. The van der Waals surface area contributed by atoms with Crippen molar-refractivity contribution in [1.82, 2.24) is 0 Å². The van der Waals surface area contributed by atoms with Gasteiger partial charge in [-0.05, 0) is 103 Å². The molecule has 2 atom stereocenters. The van der Waals surface area contributed by atoms with Crippen molar-refractivity contribution in [1.29, 1.82) is 0 Å². The highest BCUT2D eigenvalue weighted by atomic mass is 31.2. The van der Waals surface area contributed by atoms with E-state index in [9.17, 15) is 19.0 Å². The molecule has 1 N–H and O–H groups in total. The number of hydrogen-bond acceptors (Lipinski definition) is 7. The fraction of sp³-hybridized carbons (Fsp3) is 0.725. The monoisotopic (exact) mass is 1280 g/mol. The number of nitrogens with zero attached hydrogens (tertiary/aromatic N) is 1. The van der Waals surface area contributed by atoms with Gasteiger partial charge in [0.05, 0.1) is 27.7 Å². The van der Waals surface area contributed by atoms with E-state index in [-0.39, 0.29) is 32.0 Å². The number of likely N-dealkylation sites (N-methyl/N-ethyl adjacent to an activating group) is 1. The predicted molar refractivity (Wildman–Crippen MR) is 390 cm³/mol. The lowest BCUT2D eigenvalue weighted by molar-refractivity contribution is -0.870. The maximum Gasteiger partial charge on any atom is 0.472 e. The second-order valence-corrected chi connectivity index (χ2v) is 27.4. The molecule has 0 aromatic carbocycles. The Labute approximate surface area is 556 Å². The largest absolute Gasteiger partial charge is 0.472 e. The zero-order valence-corrected chi connectivity index (χ0v) is 60.0. The molecule has 0 fully saturated rings. The third kappa shape index (κ3) is 73.5. The Morgan fingerprint density at radius 3 is 0.889 bits per heavy atom. The van der Waals surface area contributed by atoms with E-state index in [4.69, 9.17) is 18.5 Å². The van der Waals surface area contributed by atoms with Crippen LogP contribution in [-0.2, 0) is 32.7 Å². The summed E-state index contributed by atoms with van der Waals surface area (Å²) in [5.41, 5.74) is 0. The molecule has 0 aliphatic carbocycles. The van der Waals surface area contributed by atoms with Crippen molar-refractivity contribution in [2.75, 3.05) is 47.5 Å². The van der Waals surface area contributed by atoms with Gasteiger partial charge in [-0.2, -0.15) is 0 Å². The average Bonchev–Trinajstić information content (AvgIpc) is 3.61. The van der Waals surface area contributed by atoms with Gasteiger partial charge in [0.1, 0.15) is 19.8 Å². The summed E-state index contributed by atoms with van der Waals surface area (Å²) < 4.78 is 34.8. The van der Waals surface area contributed by atoms with Crippen LogP contribution < -0.4 is 0 Å². The summed E-state index contributed by atoms with van der Waals surface area (Å²) in [4.78, 5) is 35.9. The van der Waals surface area contributed by atoms with E-state index in [1.54, 1.807) is 0 Å². The highest BCUT2D eigenvalue weighted by Crippen LogP contribution is 2.43. The van der Waals surface area contributed by atoms with Crippen LogP contribution in [0.2, 0.25) is 0 Å². The first-order chi connectivity index (χ1) is 44.0. The fourth-order valence-corrected chi connectivity index (χ4v) is 11.1. The molecular weight excluding hydrogens is 1130 g/mol. The average molecular weight is 1280 g/mol. The summed E-state index contributed by atoms with van der Waals surface area (Å²) in [5, 5.41) is 0. The van der Waals surface area contributed by atoms with Crippen LogP contribution in [0, 0.1) is 0 Å². The Morgan fingerprint density at radius 1 is 0.344 bits per heavy atom. The molecule has 0 aromatic heterocycles. The number of hydrogen-bond donors (Lipinski definition) is 1. The summed E-state index contributed by atoms with van der Waals surface area (Å²) in [6.07, 6.45) is 100. The molecule has 0 spiro atoms. The number of carbonyl (C=O) groups is 2. The van der Waals surface area contributed by atoms with Gasteiger partial charge in [-0.25, -0.2) is 4.57 Å². The quantitative estimate of drug-likeness (QED) is 0.0211. The minimum atomic E-state index is -4.40. The second kappa shape index (κ2) is 69.7. The van der Waals surface area contributed by atoms with Crippen LogP contribution in [-0.4, -0.2) is 74.9 Å². The van der Waals surface area contributed by atoms with E-state index >= 15 is 0 Å². The van der Waals surface area contributed by atoms with E-state index in [1.165, 1.54) is 193 Å². The Hall–Kier alpha value is -3.59. The summed E-state index contributed by atoms with van der Waals surface area (Å²) in [5.74, 6) is -0.788. The fourth-order valence-electron chi connectivity index (χ4n) is 10.4. The van der Waals surface area contributed by atoms with Crippen LogP contribution in [0.5, 0.6) is 0 Å². The number of quaternary nitrogens is 1. The number of phosphoric acid groups is 1. The van der Waals surface area contributed by atoms with E-state index in [0.29, 0.717) is 17.4 Å². The molecule has 0 amide bonds. The van der Waals surface area contributed by atoms with Gasteiger partial charge in [0.15, 0.2) is 6.10 Å². The van der Waals surface area contributed by atoms with Gasteiger partial charge >= 0.3 is 19.8 Å². The molecule has 0 saturated heterocycles. The van der Waals surface area contributed by atoms with Gasteiger partial charge in [-0.1, -0.05) is 328 Å². The van der Waals surface area contributed by atoms with Gasteiger partial charge in [0, 0.05) is 12.8 Å². The summed E-state index contributed by atoms with van der Waals surface area (Å²) >= 11 is 0. The van der Waals surface area contributed by atoms with Crippen molar-refractivity contribution in [3.63, 3.8) is 0 Å². The third-order valence-electron chi connectivity index (χ3n) is 16.0. The second-order valence-electron chi connectivity index (χ2n) is 25.9. The van der Waals surface area contributed by atoms with E-state index in [1.807, 2.05) is 21.1 Å². The molecule has 0 saturated carbocycles. The normalized spacial score (nSPS) is 13.8. The number of esters is 2. The molecule has 10 heteroatoms. The first-order valence-corrected chi connectivity index (χ1v) is 38.8. The molecule has 9 nitrogen and oxygen atoms in total. The van der Waals surface area contributed by atoms with Gasteiger partial charge in [0.2, 0.25) is 0 Å². The van der Waals surface area contributed by atoms with Crippen molar-refractivity contribution < 1.29 is 42.1 Å². The van der Waals surface area contributed by atoms with Gasteiger partial charge in [-0.15, -0.1) is 0 Å². The molecule has 0 aliphatic heterocycles. The van der Waals surface area contributed by atoms with Gasteiger partial charge < -0.3 is 18.9 Å². The molecule has 0 bridgehead atoms. The molecule has 0 radical (unpaired) electrons. The maximum absolute atomic E-state index is 12.9. The Bertz CT molecular complexity index is 1940. The number of rotatable bonds is 68. The number of unbranched alkanes of at least 4 members (excludes halogenated alkanes) is 34. The van der Waals surface area contributed by atoms with Gasteiger partial charge in [-0.3, -0.25) is 18.6 Å². The standard InChI is InChI=1S/C80H140NO8P/c1-6-8-10-12-14-16-18-20-22-24-26-28-30-32-34-36-38-39-40-41-43-45-47-49-51-53-55-57-59-61-63-65-67-69-71-73-80(83)89-78(77-88-90(84,85)87-75-74-81(3,4)5)76-86-79(82)72-70-68-66-64-62-60-58-56-54-52-50-48-46-44-42-37-35-33-31-29-27-25-23-21-19-17-15-13-11-9-7-2/h8-11,14-17,20-23,26-29,32-35,78H,6-7,12-13,18-19,24-25,30-31,36-77H2,1-5H3/p+1/b10-8-,11-9-,16-14-,17-15-,22-20-,23-21-,28-26-,29-27-,34-32-,35-33-. The van der Waals surface area contributed by atoms with Crippen LogP contribution in [0.25, 0.3) is 0 Å². The molecule has 90 heavy (non-hydrogen) atoms. The molecule has 0 aromatic rings. The predicted octanol–water partition coefficient (Wildman–Crippen LogP) is 24.6. The highest BCUT2D eigenvalue weighted by Gasteiger charge is 2.27. The van der Waals surface area contributed by atoms with Crippen molar-refractivity contribution in [3.8, 4) is 0 Å². The van der Waals surface area contributed by atoms with Gasteiger partial charge in [0.25, 0.3) is 0 Å².